The van der Waals surface area contributed by atoms with Crippen molar-refractivity contribution in [2.24, 2.45) is 0 Å². The highest BCUT2D eigenvalue weighted by Crippen LogP contribution is 2.26. The quantitative estimate of drug-likeness (QED) is 0.646. The van der Waals surface area contributed by atoms with Crippen molar-refractivity contribution in [3.8, 4) is 0 Å². The smallest absolute Gasteiger partial charge is 0.352 e. The van der Waals surface area contributed by atoms with E-state index in [4.69, 9.17) is 9.47 Å². The number of rotatable bonds is 7. The van der Waals surface area contributed by atoms with Gasteiger partial charge in [0.1, 0.15) is 6.10 Å². The Bertz CT molecular complexity index is 746. The Balaban J connectivity index is 1.73. The topological polar surface area (TPSA) is 52.6 Å². The molecule has 0 aliphatic heterocycles. The highest BCUT2D eigenvalue weighted by atomic mass is 16.6. The number of benzene rings is 2. The van der Waals surface area contributed by atoms with Gasteiger partial charge in [0.15, 0.2) is 0 Å². The molecule has 0 N–H and O–H groups in total. The molecule has 2 aromatic carbocycles. The van der Waals surface area contributed by atoms with E-state index in [-0.39, 0.29) is 6.10 Å². The SMILES string of the molecule is CCCc1ccc(C(=O)OC(C(=O)OC2CCCC2)c2ccccc2)cc1. The van der Waals surface area contributed by atoms with Gasteiger partial charge in [0.05, 0.1) is 5.56 Å². The van der Waals surface area contributed by atoms with Crippen LogP contribution in [0, 0.1) is 0 Å². The second-order valence-corrected chi connectivity index (χ2v) is 6.99. The maximum Gasteiger partial charge on any atom is 0.352 e. The summed E-state index contributed by atoms with van der Waals surface area (Å²) in [5.41, 5.74) is 2.23. The maximum absolute atomic E-state index is 12.7. The zero-order chi connectivity index (χ0) is 19.1. The zero-order valence-corrected chi connectivity index (χ0v) is 15.7. The number of aryl methyl sites for hydroxylation is 1. The lowest BCUT2D eigenvalue weighted by Crippen LogP contribution is -2.25. The predicted molar refractivity (Wildman–Crippen MR) is 103 cm³/mol. The fraction of sp³-hybridized carbons (Fsp3) is 0.391. The van der Waals surface area contributed by atoms with Gasteiger partial charge in [-0.1, -0.05) is 55.8 Å². The summed E-state index contributed by atoms with van der Waals surface area (Å²) < 4.78 is 11.2. The van der Waals surface area contributed by atoms with Crippen LogP contribution in [0.15, 0.2) is 54.6 Å². The van der Waals surface area contributed by atoms with Crippen molar-refractivity contribution in [1.82, 2.24) is 0 Å². The molecule has 0 amide bonds. The van der Waals surface area contributed by atoms with Gasteiger partial charge < -0.3 is 9.47 Å². The van der Waals surface area contributed by atoms with Gasteiger partial charge in [-0.3, -0.25) is 0 Å². The van der Waals surface area contributed by atoms with E-state index in [1.807, 2.05) is 30.3 Å². The lowest BCUT2D eigenvalue weighted by Gasteiger charge is -2.20. The van der Waals surface area contributed by atoms with E-state index in [0.29, 0.717) is 11.1 Å². The van der Waals surface area contributed by atoms with E-state index in [2.05, 4.69) is 6.92 Å². The van der Waals surface area contributed by atoms with Gasteiger partial charge in [-0.25, -0.2) is 9.59 Å². The predicted octanol–water partition coefficient (Wildman–Crippen LogP) is 5.02. The van der Waals surface area contributed by atoms with Crippen molar-refractivity contribution in [1.29, 1.82) is 0 Å². The number of carbonyl (C=O) groups is 2. The molecule has 0 aromatic heterocycles. The second-order valence-electron chi connectivity index (χ2n) is 6.99. The molecular formula is C23H26O4. The minimum atomic E-state index is -1.05. The van der Waals surface area contributed by atoms with Crippen LogP contribution >= 0.6 is 0 Å². The molecule has 142 valence electrons. The molecule has 1 aliphatic carbocycles. The zero-order valence-electron chi connectivity index (χ0n) is 15.7. The number of carbonyl (C=O) groups excluding carboxylic acids is 2. The minimum Gasteiger partial charge on any atom is -0.459 e. The molecule has 4 heteroatoms. The Morgan fingerprint density at radius 1 is 1.00 bits per heavy atom. The first kappa shape index (κ1) is 19.2. The highest BCUT2D eigenvalue weighted by Gasteiger charge is 2.30. The summed E-state index contributed by atoms with van der Waals surface area (Å²) in [5, 5.41) is 0. The number of ether oxygens (including phenoxy) is 2. The van der Waals surface area contributed by atoms with Crippen LogP contribution in [0.2, 0.25) is 0 Å². The molecule has 0 saturated heterocycles. The van der Waals surface area contributed by atoms with Crippen LogP contribution in [0.5, 0.6) is 0 Å². The molecule has 1 saturated carbocycles. The molecule has 0 radical (unpaired) electrons. The van der Waals surface area contributed by atoms with E-state index >= 15 is 0 Å². The average Bonchev–Trinajstić information content (AvgIpc) is 3.20. The lowest BCUT2D eigenvalue weighted by molar-refractivity contribution is -0.159. The Kier molecular flexibility index (Phi) is 6.64. The molecule has 1 unspecified atom stereocenters. The molecule has 2 aromatic rings. The van der Waals surface area contributed by atoms with Crippen molar-refractivity contribution < 1.29 is 19.1 Å². The Morgan fingerprint density at radius 3 is 2.30 bits per heavy atom. The van der Waals surface area contributed by atoms with Crippen LogP contribution in [0.1, 0.15) is 66.6 Å². The molecule has 3 rings (SSSR count). The first-order chi connectivity index (χ1) is 13.2. The summed E-state index contributed by atoms with van der Waals surface area (Å²) in [4.78, 5) is 25.3. The van der Waals surface area contributed by atoms with Crippen LogP contribution in [0.4, 0.5) is 0 Å². The first-order valence-corrected chi connectivity index (χ1v) is 9.72. The Morgan fingerprint density at radius 2 is 1.67 bits per heavy atom. The molecule has 1 fully saturated rings. The normalized spacial score (nSPS) is 15.3. The van der Waals surface area contributed by atoms with E-state index in [1.165, 1.54) is 5.56 Å². The molecule has 1 aliphatic rings. The Labute approximate surface area is 160 Å². The van der Waals surface area contributed by atoms with Crippen molar-refractivity contribution in [3.63, 3.8) is 0 Å². The van der Waals surface area contributed by atoms with Crippen LogP contribution in [-0.2, 0) is 20.7 Å². The third-order valence-electron chi connectivity index (χ3n) is 4.85. The molecule has 0 spiro atoms. The van der Waals surface area contributed by atoms with Crippen LogP contribution in [-0.4, -0.2) is 18.0 Å². The summed E-state index contributed by atoms with van der Waals surface area (Å²) in [6.07, 6.45) is 4.78. The van der Waals surface area contributed by atoms with Gasteiger partial charge in [0, 0.05) is 5.56 Å². The second kappa shape index (κ2) is 9.36. The van der Waals surface area contributed by atoms with Crippen molar-refractivity contribution in [3.05, 3.63) is 71.3 Å². The first-order valence-electron chi connectivity index (χ1n) is 9.72. The summed E-state index contributed by atoms with van der Waals surface area (Å²) in [7, 11) is 0. The van der Waals surface area contributed by atoms with Gasteiger partial charge in [-0.15, -0.1) is 0 Å². The largest absolute Gasteiger partial charge is 0.459 e. The summed E-state index contributed by atoms with van der Waals surface area (Å²) in [6.45, 7) is 2.11. The average molecular weight is 366 g/mol. The fourth-order valence-corrected chi connectivity index (χ4v) is 3.38. The number of hydrogen-bond donors (Lipinski definition) is 0. The molecule has 0 heterocycles. The van der Waals surface area contributed by atoms with Gasteiger partial charge in [-0.05, 0) is 49.8 Å². The van der Waals surface area contributed by atoms with E-state index in [9.17, 15) is 9.59 Å². The van der Waals surface area contributed by atoms with Crippen molar-refractivity contribution in [2.75, 3.05) is 0 Å². The Hall–Kier alpha value is -2.62. The fourth-order valence-electron chi connectivity index (χ4n) is 3.38. The third kappa shape index (κ3) is 5.19. The molecule has 4 nitrogen and oxygen atoms in total. The van der Waals surface area contributed by atoms with Gasteiger partial charge in [0.25, 0.3) is 0 Å². The number of hydrogen-bond acceptors (Lipinski definition) is 4. The van der Waals surface area contributed by atoms with E-state index < -0.39 is 18.0 Å². The van der Waals surface area contributed by atoms with Gasteiger partial charge in [0.2, 0.25) is 6.10 Å². The van der Waals surface area contributed by atoms with Crippen molar-refractivity contribution >= 4 is 11.9 Å². The minimum absolute atomic E-state index is 0.0734. The lowest BCUT2D eigenvalue weighted by atomic mass is 10.1. The molecule has 1 atom stereocenters. The standard InChI is InChI=1S/C23H26O4/c1-2-8-17-13-15-19(16-14-17)22(24)27-21(18-9-4-3-5-10-18)23(25)26-20-11-6-7-12-20/h3-5,9-10,13-16,20-21H,2,6-8,11-12H2,1H3. The van der Waals surface area contributed by atoms with Crippen molar-refractivity contribution in [2.45, 2.75) is 57.7 Å². The van der Waals surface area contributed by atoms with E-state index in [1.54, 1.807) is 24.3 Å². The summed E-state index contributed by atoms with van der Waals surface area (Å²) >= 11 is 0. The van der Waals surface area contributed by atoms with Crippen LogP contribution < -0.4 is 0 Å². The molecule has 27 heavy (non-hydrogen) atoms. The summed E-state index contributed by atoms with van der Waals surface area (Å²) in [6, 6.07) is 16.4. The maximum atomic E-state index is 12.7. The molecule has 0 bridgehead atoms. The summed E-state index contributed by atoms with van der Waals surface area (Å²) in [5.74, 6) is -1.01. The monoisotopic (exact) mass is 366 g/mol. The third-order valence-corrected chi connectivity index (χ3v) is 4.85. The van der Waals surface area contributed by atoms with Gasteiger partial charge in [-0.2, -0.15) is 0 Å². The van der Waals surface area contributed by atoms with Crippen LogP contribution in [0.3, 0.4) is 0 Å². The number of esters is 2. The van der Waals surface area contributed by atoms with E-state index in [0.717, 1.165) is 38.5 Å². The van der Waals surface area contributed by atoms with Crippen LogP contribution in [0.25, 0.3) is 0 Å². The highest BCUT2D eigenvalue weighted by molar-refractivity contribution is 5.91. The molecular weight excluding hydrogens is 340 g/mol. The van der Waals surface area contributed by atoms with Gasteiger partial charge >= 0.3 is 11.9 Å².